The zero-order valence-electron chi connectivity index (χ0n) is 13.8. The Morgan fingerprint density at radius 3 is 2.55 bits per heavy atom. The summed E-state index contributed by atoms with van der Waals surface area (Å²) in [4.78, 5) is 14.9. The van der Waals surface area contributed by atoms with E-state index in [1.165, 1.54) is 0 Å². The van der Waals surface area contributed by atoms with E-state index in [1.54, 1.807) is 7.11 Å². The highest BCUT2D eigenvalue weighted by Crippen LogP contribution is 2.47. The Morgan fingerprint density at radius 1 is 1.45 bits per heavy atom. The Hall–Kier alpha value is -0.610. The average Bonchev–Trinajstić information content (AvgIpc) is 2.66. The Kier molecular flexibility index (Phi) is 4.45. The summed E-state index contributed by atoms with van der Waals surface area (Å²) in [6, 6.07) is 0.298. The van der Waals surface area contributed by atoms with Crippen LogP contribution in [0.25, 0.3) is 0 Å². The van der Waals surface area contributed by atoms with Crippen molar-refractivity contribution in [3.8, 4) is 0 Å². The zero-order valence-corrected chi connectivity index (χ0v) is 13.8. The molecule has 20 heavy (non-hydrogen) atoms. The topological polar surface area (TPSA) is 41.6 Å². The minimum Gasteiger partial charge on any atom is -0.381 e. The lowest BCUT2D eigenvalue weighted by molar-refractivity contribution is -0.162. The van der Waals surface area contributed by atoms with Crippen molar-refractivity contribution in [2.45, 2.75) is 78.2 Å². The van der Waals surface area contributed by atoms with Crippen LogP contribution in [0.1, 0.15) is 53.9 Å². The molecule has 2 fully saturated rings. The summed E-state index contributed by atoms with van der Waals surface area (Å²) in [6.45, 7) is 10.9. The molecule has 116 valence electrons. The van der Waals surface area contributed by atoms with E-state index in [0.717, 1.165) is 19.3 Å². The number of hydrogen-bond donors (Lipinski definition) is 1. The summed E-state index contributed by atoms with van der Waals surface area (Å²) in [5, 5.41) is 3.53. The molecule has 0 aromatic rings. The van der Waals surface area contributed by atoms with Gasteiger partial charge in [0.2, 0.25) is 5.91 Å². The first kappa shape index (κ1) is 15.8. The molecule has 0 aromatic carbocycles. The summed E-state index contributed by atoms with van der Waals surface area (Å²) in [5.41, 5.74) is 0.0478. The van der Waals surface area contributed by atoms with Crippen LogP contribution in [0.15, 0.2) is 0 Å². The predicted molar refractivity (Wildman–Crippen MR) is 80.3 cm³/mol. The molecule has 1 amide bonds. The van der Waals surface area contributed by atoms with Crippen LogP contribution in [-0.2, 0) is 9.53 Å². The molecule has 0 bridgehead atoms. The molecule has 0 aromatic heterocycles. The molecule has 2 aliphatic rings. The first-order chi connectivity index (χ1) is 9.32. The van der Waals surface area contributed by atoms with Crippen LogP contribution >= 0.6 is 0 Å². The Bertz CT molecular complexity index is 367. The summed E-state index contributed by atoms with van der Waals surface area (Å²) in [5.74, 6) is 0.827. The largest absolute Gasteiger partial charge is 0.381 e. The molecule has 1 aliphatic heterocycles. The van der Waals surface area contributed by atoms with Crippen molar-refractivity contribution < 1.29 is 9.53 Å². The Balaban J connectivity index is 2.12. The molecule has 1 heterocycles. The monoisotopic (exact) mass is 282 g/mol. The minimum atomic E-state index is -0.00246. The highest BCUT2D eigenvalue weighted by atomic mass is 16.5. The fourth-order valence-corrected chi connectivity index (χ4v) is 3.78. The summed E-state index contributed by atoms with van der Waals surface area (Å²) >= 11 is 0. The van der Waals surface area contributed by atoms with Gasteiger partial charge in [0.1, 0.15) is 0 Å². The van der Waals surface area contributed by atoms with Gasteiger partial charge in [0, 0.05) is 18.6 Å². The number of ether oxygens (including phenoxy) is 1. The van der Waals surface area contributed by atoms with Gasteiger partial charge >= 0.3 is 0 Å². The van der Waals surface area contributed by atoms with E-state index in [1.807, 2.05) is 0 Å². The molecule has 1 aliphatic carbocycles. The fraction of sp³-hybridized carbons (Fsp3) is 0.938. The standard InChI is InChI=1S/C16H30N2O2/c1-7-14-17-11(8-10(2)3)15(19)18(14)12-9-13(20-6)16(12,4)5/h10-14,17H,7-9H2,1-6H3. The van der Waals surface area contributed by atoms with Gasteiger partial charge in [-0.1, -0.05) is 34.6 Å². The van der Waals surface area contributed by atoms with Crippen molar-refractivity contribution in [2.75, 3.05) is 7.11 Å². The molecule has 4 unspecified atom stereocenters. The van der Waals surface area contributed by atoms with E-state index >= 15 is 0 Å². The van der Waals surface area contributed by atoms with E-state index in [0.29, 0.717) is 12.0 Å². The number of nitrogens with one attached hydrogen (secondary N) is 1. The number of rotatable bonds is 5. The lowest BCUT2D eigenvalue weighted by Gasteiger charge is -2.55. The number of methoxy groups -OCH3 is 1. The molecule has 0 spiro atoms. The fourth-order valence-electron chi connectivity index (χ4n) is 3.78. The predicted octanol–water partition coefficient (Wildman–Crippen LogP) is 2.38. The number of carbonyl (C=O) groups excluding carboxylic acids is 1. The zero-order chi connectivity index (χ0) is 15.1. The van der Waals surface area contributed by atoms with Gasteiger partial charge in [0.05, 0.1) is 18.3 Å². The SMILES string of the molecule is CCC1NC(CC(C)C)C(=O)N1C1CC(OC)C1(C)C. The molecule has 4 nitrogen and oxygen atoms in total. The molecule has 1 saturated carbocycles. The quantitative estimate of drug-likeness (QED) is 0.842. The lowest BCUT2D eigenvalue weighted by Crippen LogP contribution is -2.64. The molecule has 0 radical (unpaired) electrons. The number of carbonyl (C=O) groups is 1. The van der Waals surface area contributed by atoms with Crippen LogP contribution in [0.2, 0.25) is 0 Å². The van der Waals surface area contributed by atoms with E-state index < -0.39 is 0 Å². The minimum absolute atomic E-state index is 0.00246. The second-order valence-electron chi connectivity index (χ2n) is 7.32. The Morgan fingerprint density at radius 2 is 2.10 bits per heavy atom. The van der Waals surface area contributed by atoms with Crippen molar-refractivity contribution in [3.63, 3.8) is 0 Å². The van der Waals surface area contributed by atoms with E-state index in [-0.39, 0.29) is 29.6 Å². The normalized spacial score (nSPS) is 36.5. The average molecular weight is 282 g/mol. The van der Waals surface area contributed by atoms with Gasteiger partial charge in [-0.3, -0.25) is 10.1 Å². The van der Waals surface area contributed by atoms with E-state index in [4.69, 9.17) is 4.74 Å². The number of amides is 1. The van der Waals surface area contributed by atoms with Gasteiger partial charge in [-0.15, -0.1) is 0 Å². The third-order valence-corrected chi connectivity index (χ3v) is 5.12. The maximum absolute atomic E-state index is 12.7. The maximum Gasteiger partial charge on any atom is 0.241 e. The first-order valence-corrected chi connectivity index (χ1v) is 7.93. The highest BCUT2D eigenvalue weighted by molar-refractivity contribution is 5.85. The maximum atomic E-state index is 12.7. The van der Waals surface area contributed by atoms with Crippen LogP contribution in [0.3, 0.4) is 0 Å². The molecule has 2 rings (SSSR count). The van der Waals surface area contributed by atoms with Gasteiger partial charge in [-0.2, -0.15) is 0 Å². The second kappa shape index (κ2) is 5.64. The highest BCUT2D eigenvalue weighted by Gasteiger charge is 2.56. The summed E-state index contributed by atoms with van der Waals surface area (Å²) in [6.07, 6.45) is 3.30. The van der Waals surface area contributed by atoms with Crippen molar-refractivity contribution in [3.05, 3.63) is 0 Å². The molecular formula is C16H30N2O2. The third kappa shape index (κ3) is 2.48. The van der Waals surface area contributed by atoms with Gasteiger partial charge in [-0.25, -0.2) is 0 Å². The van der Waals surface area contributed by atoms with E-state index in [9.17, 15) is 4.79 Å². The Labute approximate surface area is 123 Å². The summed E-state index contributed by atoms with van der Waals surface area (Å²) < 4.78 is 5.53. The van der Waals surface area contributed by atoms with E-state index in [2.05, 4.69) is 44.8 Å². The molecule has 4 atom stereocenters. The smallest absolute Gasteiger partial charge is 0.241 e. The van der Waals surface area contributed by atoms with Crippen LogP contribution in [0, 0.1) is 11.3 Å². The van der Waals surface area contributed by atoms with Gasteiger partial charge in [0.15, 0.2) is 0 Å². The number of hydrogen-bond acceptors (Lipinski definition) is 3. The van der Waals surface area contributed by atoms with Crippen molar-refractivity contribution >= 4 is 5.91 Å². The molecule has 1 saturated heterocycles. The molecule has 1 N–H and O–H groups in total. The first-order valence-electron chi connectivity index (χ1n) is 7.93. The van der Waals surface area contributed by atoms with Crippen LogP contribution < -0.4 is 5.32 Å². The van der Waals surface area contributed by atoms with Crippen molar-refractivity contribution in [1.29, 1.82) is 0 Å². The summed E-state index contributed by atoms with van der Waals surface area (Å²) in [7, 11) is 1.77. The van der Waals surface area contributed by atoms with Gasteiger partial charge < -0.3 is 9.64 Å². The molecular weight excluding hydrogens is 252 g/mol. The van der Waals surface area contributed by atoms with Crippen LogP contribution in [0.5, 0.6) is 0 Å². The number of nitrogens with zero attached hydrogens (tertiary/aromatic N) is 1. The van der Waals surface area contributed by atoms with Crippen LogP contribution in [0.4, 0.5) is 0 Å². The van der Waals surface area contributed by atoms with Gasteiger partial charge in [0.25, 0.3) is 0 Å². The molecule has 4 heteroatoms. The second-order valence-corrected chi connectivity index (χ2v) is 7.32. The van der Waals surface area contributed by atoms with Gasteiger partial charge in [-0.05, 0) is 25.2 Å². The van der Waals surface area contributed by atoms with Crippen LogP contribution in [-0.4, -0.2) is 42.3 Å². The van der Waals surface area contributed by atoms with Crippen molar-refractivity contribution in [2.24, 2.45) is 11.3 Å². The lowest BCUT2D eigenvalue weighted by atomic mass is 9.63. The van der Waals surface area contributed by atoms with Crippen molar-refractivity contribution in [1.82, 2.24) is 10.2 Å². The third-order valence-electron chi connectivity index (χ3n) is 5.12.